The molecule has 0 bridgehead atoms. The van der Waals surface area contributed by atoms with Crippen molar-refractivity contribution in [2.75, 3.05) is 57.4 Å². The predicted octanol–water partition coefficient (Wildman–Crippen LogP) is 5.20. The van der Waals surface area contributed by atoms with E-state index in [-0.39, 0.29) is 23.6 Å². The molecule has 3 amide bonds. The molecule has 1 N–H and O–H groups in total. The number of nitrogens with zero attached hydrogens (tertiary/aromatic N) is 3. The molecule has 9 nitrogen and oxygen atoms in total. The van der Waals surface area contributed by atoms with Crippen molar-refractivity contribution in [2.24, 2.45) is 0 Å². The lowest BCUT2D eigenvalue weighted by atomic mass is 10.1. The number of benzene rings is 2. The van der Waals surface area contributed by atoms with Gasteiger partial charge in [0.15, 0.2) is 0 Å². The molecule has 2 unspecified atom stereocenters. The second kappa shape index (κ2) is 16.5. The van der Waals surface area contributed by atoms with E-state index in [1.54, 1.807) is 6.07 Å². The van der Waals surface area contributed by atoms with E-state index in [1.807, 2.05) is 49.9 Å². The minimum Gasteiger partial charge on any atom is -0.494 e. The van der Waals surface area contributed by atoms with Crippen LogP contribution >= 0.6 is 0 Å². The number of carbonyl (C=O) groups is 3. The van der Waals surface area contributed by atoms with Gasteiger partial charge < -0.3 is 19.7 Å². The molecule has 2 aliphatic heterocycles. The third kappa shape index (κ3) is 8.57. The summed E-state index contributed by atoms with van der Waals surface area (Å²) in [4.78, 5) is 42.0. The molecule has 0 aliphatic carbocycles. The quantitative estimate of drug-likeness (QED) is 0.141. The van der Waals surface area contributed by atoms with Crippen molar-refractivity contribution in [2.45, 2.75) is 71.4 Å². The molecule has 2 aromatic rings. The van der Waals surface area contributed by atoms with Gasteiger partial charge in [-0.2, -0.15) is 0 Å². The van der Waals surface area contributed by atoms with Crippen molar-refractivity contribution < 1.29 is 28.2 Å². The SMILES string of the molecule is CCCC(C)N1C(=O)c2cc(F)c(N3CCN(CCOCCCCCCOc4cccc(C(C)NC=O)c4)CC3)cc2C1=O. The third-order valence-corrected chi connectivity index (χ3v) is 8.53. The van der Waals surface area contributed by atoms with E-state index in [9.17, 15) is 14.4 Å². The first kappa shape index (κ1) is 33.4. The normalized spacial score (nSPS) is 16.6. The molecule has 0 radical (unpaired) electrons. The zero-order chi connectivity index (χ0) is 31.5. The standard InChI is InChI=1S/C34H47FN4O5/c1-4-10-25(2)39-33(41)29-22-31(35)32(23-30(29)34(39)42)38-15-13-37(14-16-38)17-20-43-18-7-5-6-8-19-44-28-12-9-11-27(21-28)26(3)36-24-40/h9,11-12,21-26H,4-8,10,13-20H2,1-3H3,(H,36,40). The summed E-state index contributed by atoms with van der Waals surface area (Å²) >= 11 is 0. The number of anilines is 1. The Bertz CT molecular complexity index is 1270. The zero-order valence-electron chi connectivity index (χ0n) is 26.4. The molecule has 2 aliphatic rings. The van der Waals surface area contributed by atoms with Crippen molar-refractivity contribution >= 4 is 23.9 Å². The molecule has 0 aromatic heterocycles. The van der Waals surface area contributed by atoms with Crippen LogP contribution in [0.25, 0.3) is 0 Å². The number of halogens is 1. The first-order chi connectivity index (χ1) is 21.3. The summed E-state index contributed by atoms with van der Waals surface area (Å²) in [5.74, 6) is -0.351. The summed E-state index contributed by atoms with van der Waals surface area (Å²) in [5, 5.41) is 2.75. The number of nitrogens with one attached hydrogen (secondary N) is 1. The van der Waals surface area contributed by atoms with Crippen LogP contribution in [0.3, 0.4) is 0 Å². The minimum absolute atomic E-state index is 0.0478. The third-order valence-electron chi connectivity index (χ3n) is 8.53. The number of ether oxygens (including phenoxy) is 2. The van der Waals surface area contributed by atoms with Gasteiger partial charge in [0.2, 0.25) is 6.41 Å². The number of piperazine rings is 1. The summed E-state index contributed by atoms with van der Waals surface area (Å²) in [6.45, 7) is 11.5. The maximum Gasteiger partial charge on any atom is 0.261 e. The predicted molar refractivity (Wildman–Crippen MR) is 169 cm³/mol. The van der Waals surface area contributed by atoms with Crippen LogP contribution in [-0.4, -0.2) is 86.6 Å². The van der Waals surface area contributed by atoms with Crippen molar-refractivity contribution in [3.63, 3.8) is 0 Å². The van der Waals surface area contributed by atoms with Gasteiger partial charge in [-0.3, -0.25) is 24.2 Å². The second-order valence-electron chi connectivity index (χ2n) is 11.7. The fourth-order valence-electron chi connectivity index (χ4n) is 5.89. The van der Waals surface area contributed by atoms with Crippen LogP contribution in [0.15, 0.2) is 36.4 Å². The van der Waals surface area contributed by atoms with Gasteiger partial charge in [-0.1, -0.05) is 31.9 Å². The van der Waals surface area contributed by atoms with Crippen LogP contribution in [0.1, 0.15) is 91.6 Å². The summed E-state index contributed by atoms with van der Waals surface area (Å²) in [5.41, 5.74) is 1.89. The Kier molecular flexibility index (Phi) is 12.6. The van der Waals surface area contributed by atoms with Gasteiger partial charge >= 0.3 is 0 Å². The molecule has 2 aromatic carbocycles. The number of imide groups is 1. The highest BCUT2D eigenvalue weighted by Gasteiger charge is 2.39. The van der Waals surface area contributed by atoms with E-state index in [4.69, 9.17) is 9.47 Å². The molecule has 0 saturated carbocycles. The second-order valence-corrected chi connectivity index (χ2v) is 11.7. The number of fused-ring (bicyclic) bond motifs is 1. The Labute approximate surface area is 260 Å². The molecule has 1 fully saturated rings. The van der Waals surface area contributed by atoms with Crippen LogP contribution in [0, 0.1) is 5.82 Å². The Balaban J connectivity index is 1.08. The summed E-state index contributed by atoms with van der Waals surface area (Å²) in [6, 6.07) is 10.4. The van der Waals surface area contributed by atoms with E-state index in [0.29, 0.717) is 44.0 Å². The van der Waals surface area contributed by atoms with Crippen LogP contribution in [0.4, 0.5) is 10.1 Å². The average Bonchev–Trinajstić information content (AvgIpc) is 3.26. The Morgan fingerprint density at radius 2 is 1.64 bits per heavy atom. The lowest BCUT2D eigenvalue weighted by Gasteiger charge is -2.36. The topological polar surface area (TPSA) is 91.4 Å². The molecule has 44 heavy (non-hydrogen) atoms. The van der Waals surface area contributed by atoms with Crippen LogP contribution in [-0.2, 0) is 9.53 Å². The van der Waals surface area contributed by atoms with E-state index in [0.717, 1.165) is 76.1 Å². The Morgan fingerprint density at radius 3 is 2.34 bits per heavy atom. The lowest BCUT2D eigenvalue weighted by Crippen LogP contribution is -2.47. The van der Waals surface area contributed by atoms with E-state index in [2.05, 4.69) is 10.2 Å². The van der Waals surface area contributed by atoms with Crippen molar-refractivity contribution in [3.8, 4) is 5.75 Å². The van der Waals surface area contributed by atoms with Crippen LogP contribution in [0.2, 0.25) is 0 Å². The minimum atomic E-state index is -0.453. The number of hydrogen-bond donors (Lipinski definition) is 1. The molecule has 2 heterocycles. The van der Waals surface area contributed by atoms with Gasteiger partial charge in [-0.05, 0) is 69.4 Å². The number of amides is 3. The average molecular weight is 611 g/mol. The number of rotatable bonds is 18. The zero-order valence-corrected chi connectivity index (χ0v) is 26.4. The molecule has 0 spiro atoms. The first-order valence-electron chi connectivity index (χ1n) is 16.0. The van der Waals surface area contributed by atoms with Gasteiger partial charge in [0, 0.05) is 45.4 Å². The molecule has 10 heteroatoms. The lowest BCUT2D eigenvalue weighted by molar-refractivity contribution is -0.110. The van der Waals surface area contributed by atoms with Gasteiger partial charge in [0.25, 0.3) is 11.8 Å². The molecule has 1 saturated heterocycles. The largest absolute Gasteiger partial charge is 0.494 e. The molecular weight excluding hydrogens is 563 g/mol. The molecular formula is C34H47FN4O5. The molecule has 4 rings (SSSR count). The van der Waals surface area contributed by atoms with Gasteiger partial charge in [0.1, 0.15) is 11.6 Å². The smallest absolute Gasteiger partial charge is 0.261 e. The first-order valence-corrected chi connectivity index (χ1v) is 16.0. The van der Waals surface area contributed by atoms with Crippen LogP contribution in [0.5, 0.6) is 5.75 Å². The number of hydrogen-bond acceptors (Lipinski definition) is 7. The number of unbranched alkanes of at least 4 members (excludes halogenated alkanes) is 3. The number of carbonyl (C=O) groups excluding carboxylic acids is 3. The van der Waals surface area contributed by atoms with Gasteiger partial charge in [0.05, 0.1) is 36.1 Å². The maximum absolute atomic E-state index is 15.1. The fraction of sp³-hybridized carbons (Fsp3) is 0.559. The van der Waals surface area contributed by atoms with Gasteiger partial charge in [-0.15, -0.1) is 0 Å². The van der Waals surface area contributed by atoms with Crippen molar-refractivity contribution in [1.29, 1.82) is 0 Å². The summed E-state index contributed by atoms with van der Waals surface area (Å²) < 4.78 is 26.8. The highest BCUT2D eigenvalue weighted by Crippen LogP contribution is 2.32. The maximum atomic E-state index is 15.1. The summed E-state index contributed by atoms with van der Waals surface area (Å²) in [7, 11) is 0. The highest BCUT2D eigenvalue weighted by atomic mass is 19.1. The Hall–Kier alpha value is -3.50. The van der Waals surface area contributed by atoms with Crippen molar-refractivity contribution in [3.05, 3.63) is 58.9 Å². The van der Waals surface area contributed by atoms with E-state index >= 15 is 4.39 Å². The monoisotopic (exact) mass is 610 g/mol. The molecule has 2 atom stereocenters. The van der Waals surface area contributed by atoms with E-state index < -0.39 is 11.7 Å². The highest BCUT2D eigenvalue weighted by molar-refractivity contribution is 6.22. The van der Waals surface area contributed by atoms with Gasteiger partial charge in [-0.25, -0.2) is 4.39 Å². The summed E-state index contributed by atoms with van der Waals surface area (Å²) in [6.07, 6.45) is 6.43. The Morgan fingerprint density at radius 1 is 0.932 bits per heavy atom. The van der Waals surface area contributed by atoms with Crippen LogP contribution < -0.4 is 15.0 Å². The van der Waals surface area contributed by atoms with Crippen molar-refractivity contribution in [1.82, 2.24) is 15.1 Å². The molecule has 240 valence electrons. The fourth-order valence-corrected chi connectivity index (χ4v) is 5.89. The van der Waals surface area contributed by atoms with E-state index in [1.165, 1.54) is 11.0 Å².